The number of benzene rings is 2. The molecule has 0 spiro atoms. The lowest BCUT2D eigenvalue weighted by atomic mass is 10.1. The number of alkyl halides is 3. The Morgan fingerprint density at radius 2 is 2.03 bits per heavy atom. The number of nitrogens with one attached hydrogen (secondary N) is 2. The van der Waals surface area contributed by atoms with Crippen molar-refractivity contribution >= 4 is 27.5 Å². The number of aromatic nitrogens is 2. The van der Waals surface area contributed by atoms with Crippen LogP contribution in [0.4, 0.5) is 29.3 Å². The molecule has 11 nitrogen and oxygen atoms in total. The summed E-state index contributed by atoms with van der Waals surface area (Å²) in [6.07, 6.45) is -6.60. The quantitative estimate of drug-likeness (QED) is 0.453. The minimum absolute atomic E-state index is 0.0303. The fourth-order valence-electron chi connectivity index (χ4n) is 3.52. The molecule has 2 heterocycles. The van der Waals surface area contributed by atoms with E-state index in [-0.39, 0.29) is 42.3 Å². The Morgan fingerprint density at radius 1 is 1.26 bits per heavy atom. The predicted octanol–water partition coefficient (Wildman–Crippen LogP) is 3.06. The minimum atomic E-state index is -4.76. The first-order valence-corrected chi connectivity index (χ1v) is 11.4. The molecular formula is C20H17F3N4O7S. The number of hydrogen-bond donors (Lipinski definition) is 3. The number of carbonyl (C=O) groups is 1. The normalized spacial score (nSPS) is 15.9. The van der Waals surface area contributed by atoms with Gasteiger partial charge in [0.1, 0.15) is 11.9 Å². The number of hydrogen-bond acceptors (Lipinski definition) is 7. The number of carboxylic acid groups (broad SMARTS) is 1. The first-order chi connectivity index (χ1) is 16.4. The van der Waals surface area contributed by atoms with E-state index in [2.05, 4.69) is 20.0 Å². The molecule has 1 aliphatic rings. The standard InChI is InChI=1S/C20H17F3N4O7S/c21-20(22,23)11-2-1-3-14(8-11)35(31,32)27-10-13(5-7-17-25-19(30)34-26-17)33-16-6-4-12(9-15(16)27)24-18(28)29/h1-4,6,8-9,13,24H,5,7,10H2,(H,28,29)(H,25,26,30). The summed E-state index contributed by atoms with van der Waals surface area (Å²) in [6, 6.07) is 7.20. The number of fused-ring (bicyclic) bond motifs is 1. The third-order valence-corrected chi connectivity index (χ3v) is 6.86. The van der Waals surface area contributed by atoms with Crippen molar-refractivity contribution in [2.75, 3.05) is 16.2 Å². The summed E-state index contributed by atoms with van der Waals surface area (Å²) >= 11 is 0. The van der Waals surface area contributed by atoms with Crippen LogP contribution in [-0.4, -0.2) is 42.4 Å². The van der Waals surface area contributed by atoms with E-state index >= 15 is 0 Å². The zero-order valence-corrected chi connectivity index (χ0v) is 18.4. The van der Waals surface area contributed by atoms with E-state index in [9.17, 15) is 31.2 Å². The third-order valence-electron chi connectivity index (χ3n) is 5.08. The molecule has 4 rings (SSSR count). The lowest BCUT2D eigenvalue weighted by Crippen LogP contribution is -2.43. The first-order valence-electron chi connectivity index (χ1n) is 9.99. The Labute approximate surface area is 195 Å². The average Bonchev–Trinajstić information content (AvgIpc) is 3.21. The molecule has 0 radical (unpaired) electrons. The van der Waals surface area contributed by atoms with Gasteiger partial charge in [0.15, 0.2) is 5.82 Å². The lowest BCUT2D eigenvalue weighted by molar-refractivity contribution is -0.137. The van der Waals surface area contributed by atoms with E-state index in [1.54, 1.807) is 0 Å². The zero-order valence-electron chi connectivity index (χ0n) is 17.6. The van der Waals surface area contributed by atoms with Gasteiger partial charge in [0.05, 0.1) is 22.7 Å². The van der Waals surface area contributed by atoms with E-state index < -0.39 is 44.6 Å². The highest BCUT2D eigenvalue weighted by Crippen LogP contribution is 2.40. The van der Waals surface area contributed by atoms with Crippen molar-refractivity contribution in [2.45, 2.75) is 30.0 Å². The Hall–Kier alpha value is -4.01. The van der Waals surface area contributed by atoms with Crippen LogP contribution in [0.3, 0.4) is 0 Å². The highest BCUT2D eigenvalue weighted by atomic mass is 32.2. The van der Waals surface area contributed by atoms with Crippen molar-refractivity contribution < 1.29 is 40.8 Å². The zero-order chi connectivity index (χ0) is 25.4. The molecule has 3 N–H and O–H groups in total. The Bertz CT molecular complexity index is 1420. The van der Waals surface area contributed by atoms with Gasteiger partial charge in [0.2, 0.25) is 0 Å². The van der Waals surface area contributed by atoms with Crippen molar-refractivity contribution in [3.05, 3.63) is 64.4 Å². The summed E-state index contributed by atoms with van der Waals surface area (Å²) in [5, 5.41) is 14.6. The van der Waals surface area contributed by atoms with Gasteiger partial charge in [-0.3, -0.25) is 19.1 Å². The van der Waals surface area contributed by atoms with Crippen molar-refractivity contribution in [2.24, 2.45) is 0 Å². The molecule has 0 bridgehead atoms. The van der Waals surface area contributed by atoms with Crippen LogP contribution >= 0.6 is 0 Å². The molecule has 1 atom stereocenters. The molecule has 3 aromatic rings. The Morgan fingerprint density at radius 3 is 2.69 bits per heavy atom. The van der Waals surface area contributed by atoms with Crippen LogP contribution in [0, 0.1) is 0 Å². The van der Waals surface area contributed by atoms with Crippen LogP contribution < -0.4 is 20.1 Å². The molecule has 1 amide bonds. The van der Waals surface area contributed by atoms with Gasteiger partial charge in [-0.2, -0.15) is 13.2 Å². The average molecular weight is 514 g/mol. The number of aryl methyl sites for hydroxylation is 1. The number of halogens is 3. The summed E-state index contributed by atoms with van der Waals surface area (Å²) in [5.74, 6) is -0.485. The summed E-state index contributed by atoms with van der Waals surface area (Å²) in [5.41, 5.74) is -1.16. The summed E-state index contributed by atoms with van der Waals surface area (Å²) in [6.45, 7) is -0.301. The molecule has 35 heavy (non-hydrogen) atoms. The highest BCUT2D eigenvalue weighted by molar-refractivity contribution is 7.92. The maximum absolute atomic E-state index is 13.5. The fraction of sp³-hybridized carbons (Fsp3) is 0.250. The number of aromatic amines is 1. The van der Waals surface area contributed by atoms with Crippen molar-refractivity contribution in [3.63, 3.8) is 0 Å². The van der Waals surface area contributed by atoms with Crippen molar-refractivity contribution in [1.82, 2.24) is 10.1 Å². The van der Waals surface area contributed by atoms with E-state index in [1.165, 1.54) is 18.2 Å². The van der Waals surface area contributed by atoms with Crippen LogP contribution in [0.2, 0.25) is 0 Å². The summed E-state index contributed by atoms with van der Waals surface area (Å²) in [7, 11) is -4.53. The van der Waals surface area contributed by atoms with E-state index in [0.29, 0.717) is 6.07 Å². The van der Waals surface area contributed by atoms with Crippen LogP contribution in [0.25, 0.3) is 0 Å². The second-order valence-corrected chi connectivity index (χ2v) is 9.36. The number of sulfonamides is 1. The number of rotatable bonds is 6. The number of amides is 1. The second kappa shape index (κ2) is 8.98. The summed E-state index contributed by atoms with van der Waals surface area (Å²) in [4.78, 5) is 23.9. The topological polar surface area (TPSA) is 155 Å². The molecule has 15 heteroatoms. The molecule has 1 unspecified atom stereocenters. The van der Waals surface area contributed by atoms with Gasteiger partial charge in [-0.1, -0.05) is 11.2 Å². The van der Waals surface area contributed by atoms with Gasteiger partial charge in [-0.15, -0.1) is 0 Å². The molecule has 0 fully saturated rings. The maximum Gasteiger partial charge on any atom is 0.438 e. The molecule has 0 saturated heterocycles. The fourth-order valence-corrected chi connectivity index (χ4v) is 5.06. The van der Waals surface area contributed by atoms with E-state index in [4.69, 9.17) is 9.84 Å². The van der Waals surface area contributed by atoms with Gasteiger partial charge in [0, 0.05) is 12.1 Å². The van der Waals surface area contributed by atoms with Crippen LogP contribution in [-0.2, 0) is 22.6 Å². The van der Waals surface area contributed by atoms with E-state index in [0.717, 1.165) is 22.5 Å². The van der Waals surface area contributed by atoms with Crippen molar-refractivity contribution in [1.29, 1.82) is 0 Å². The second-order valence-electron chi connectivity index (χ2n) is 7.49. The molecule has 0 saturated carbocycles. The predicted molar refractivity (Wildman–Crippen MR) is 114 cm³/mol. The highest BCUT2D eigenvalue weighted by Gasteiger charge is 2.37. The maximum atomic E-state index is 13.5. The van der Waals surface area contributed by atoms with Gasteiger partial charge < -0.3 is 9.84 Å². The molecule has 186 valence electrons. The van der Waals surface area contributed by atoms with Crippen LogP contribution in [0.1, 0.15) is 17.8 Å². The monoisotopic (exact) mass is 514 g/mol. The molecule has 2 aromatic carbocycles. The van der Waals surface area contributed by atoms with Gasteiger partial charge in [-0.25, -0.2) is 18.0 Å². The molecular weight excluding hydrogens is 497 g/mol. The molecule has 1 aromatic heterocycles. The molecule has 0 aliphatic carbocycles. The smallest absolute Gasteiger partial charge is 0.438 e. The lowest BCUT2D eigenvalue weighted by Gasteiger charge is -2.35. The minimum Gasteiger partial charge on any atom is -0.486 e. The molecule has 1 aliphatic heterocycles. The Balaban J connectivity index is 1.72. The van der Waals surface area contributed by atoms with Gasteiger partial charge in [-0.05, 0) is 42.8 Å². The number of nitrogens with zero attached hydrogens (tertiary/aromatic N) is 2. The number of anilines is 2. The SMILES string of the molecule is O=C(O)Nc1ccc2c(c1)N(S(=O)(=O)c1cccc(C(F)(F)F)c1)CC(CCc1noc(=O)[nH]1)O2. The Kier molecular flexibility index (Phi) is 6.19. The van der Waals surface area contributed by atoms with Gasteiger partial charge in [0.25, 0.3) is 10.0 Å². The van der Waals surface area contributed by atoms with Gasteiger partial charge >= 0.3 is 18.0 Å². The van der Waals surface area contributed by atoms with E-state index in [1.807, 2.05) is 0 Å². The number of ether oxygens (including phenoxy) is 1. The van der Waals surface area contributed by atoms with Crippen LogP contribution in [0.15, 0.2) is 56.7 Å². The largest absolute Gasteiger partial charge is 0.486 e. The van der Waals surface area contributed by atoms with Crippen LogP contribution in [0.5, 0.6) is 5.75 Å². The summed E-state index contributed by atoms with van der Waals surface area (Å²) < 4.78 is 77.7. The van der Waals surface area contributed by atoms with Crippen molar-refractivity contribution in [3.8, 4) is 5.75 Å². The first kappa shape index (κ1) is 24.1. The number of H-pyrrole nitrogens is 1. The third kappa shape index (κ3) is 5.24.